The van der Waals surface area contributed by atoms with E-state index in [0.29, 0.717) is 0 Å². The SMILES string of the molecule is CC1(CC(=O)O)CCN(c2ccc(F)cc2)CC1. The van der Waals surface area contributed by atoms with Crippen LogP contribution in [0.2, 0.25) is 0 Å². The standard InChI is InChI=1S/C14H18FNO2/c1-14(10-13(17)18)6-8-16(9-7-14)12-4-2-11(15)3-5-12/h2-5H,6-10H2,1H3,(H,17,18). The maximum atomic E-state index is 12.8. The Hall–Kier alpha value is -1.58. The molecule has 98 valence electrons. The summed E-state index contributed by atoms with van der Waals surface area (Å²) in [4.78, 5) is 13.0. The molecular formula is C14H18FNO2. The van der Waals surface area contributed by atoms with E-state index >= 15 is 0 Å². The first-order valence-electron chi connectivity index (χ1n) is 6.21. The summed E-state index contributed by atoms with van der Waals surface area (Å²) in [6, 6.07) is 6.46. The van der Waals surface area contributed by atoms with Crippen molar-refractivity contribution < 1.29 is 14.3 Å². The van der Waals surface area contributed by atoms with Crippen LogP contribution in [0, 0.1) is 11.2 Å². The number of carbonyl (C=O) groups is 1. The van der Waals surface area contributed by atoms with E-state index in [0.717, 1.165) is 31.6 Å². The molecule has 1 aliphatic rings. The Labute approximate surface area is 106 Å². The summed E-state index contributed by atoms with van der Waals surface area (Å²) in [6.07, 6.45) is 1.94. The van der Waals surface area contributed by atoms with Crippen molar-refractivity contribution in [2.75, 3.05) is 18.0 Å². The number of piperidine rings is 1. The molecule has 1 aromatic rings. The summed E-state index contributed by atoms with van der Waals surface area (Å²) in [5.41, 5.74) is 0.899. The second kappa shape index (κ2) is 4.96. The van der Waals surface area contributed by atoms with E-state index in [9.17, 15) is 9.18 Å². The smallest absolute Gasteiger partial charge is 0.303 e. The molecule has 1 fully saturated rings. The van der Waals surface area contributed by atoms with E-state index < -0.39 is 5.97 Å². The Morgan fingerprint density at radius 2 is 1.89 bits per heavy atom. The fourth-order valence-electron chi connectivity index (χ4n) is 2.50. The summed E-state index contributed by atoms with van der Waals surface area (Å²) in [7, 11) is 0. The maximum Gasteiger partial charge on any atom is 0.303 e. The van der Waals surface area contributed by atoms with E-state index in [1.165, 1.54) is 12.1 Å². The second-order valence-electron chi connectivity index (χ2n) is 5.34. The molecular weight excluding hydrogens is 233 g/mol. The Bertz CT molecular complexity index is 422. The topological polar surface area (TPSA) is 40.5 Å². The lowest BCUT2D eigenvalue weighted by Crippen LogP contribution is -2.39. The Kier molecular flexibility index (Phi) is 3.55. The van der Waals surface area contributed by atoms with Gasteiger partial charge < -0.3 is 10.0 Å². The Morgan fingerprint density at radius 3 is 2.39 bits per heavy atom. The predicted molar refractivity (Wildman–Crippen MR) is 68.2 cm³/mol. The summed E-state index contributed by atoms with van der Waals surface area (Å²) in [6.45, 7) is 3.69. The number of anilines is 1. The fourth-order valence-corrected chi connectivity index (χ4v) is 2.50. The second-order valence-corrected chi connectivity index (χ2v) is 5.34. The molecule has 3 nitrogen and oxygen atoms in total. The molecule has 0 amide bonds. The van der Waals surface area contributed by atoms with Gasteiger partial charge in [-0.2, -0.15) is 0 Å². The highest BCUT2D eigenvalue weighted by atomic mass is 19.1. The van der Waals surface area contributed by atoms with Crippen LogP contribution in [0.25, 0.3) is 0 Å². The van der Waals surface area contributed by atoms with Crippen LogP contribution in [-0.2, 0) is 4.79 Å². The van der Waals surface area contributed by atoms with Gasteiger partial charge in [-0.15, -0.1) is 0 Å². The van der Waals surface area contributed by atoms with Crippen molar-refractivity contribution in [2.24, 2.45) is 5.41 Å². The van der Waals surface area contributed by atoms with Gasteiger partial charge in [-0.25, -0.2) is 4.39 Å². The van der Waals surface area contributed by atoms with Crippen LogP contribution in [0.1, 0.15) is 26.2 Å². The molecule has 1 saturated heterocycles. The highest BCUT2D eigenvalue weighted by Crippen LogP contribution is 2.35. The number of carboxylic acid groups (broad SMARTS) is 1. The van der Waals surface area contributed by atoms with Gasteiger partial charge in [0.05, 0.1) is 6.42 Å². The van der Waals surface area contributed by atoms with Crippen LogP contribution in [0.4, 0.5) is 10.1 Å². The first-order chi connectivity index (χ1) is 8.48. The monoisotopic (exact) mass is 251 g/mol. The number of hydrogen-bond donors (Lipinski definition) is 1. The highest BCUT2D eigenvalue weighted by Gasteiger charge is 2.32. The number of nitrogens with zero attached hydrogens (tertiary/aromatic N) is 1. The van der Waals surface area contributed by atoms with E-state index in [1.807, 2.05) is 6.92 Å². The van der Waals surface area contributed by atoms with Crippen molar-refractivity contribution in [3.8, 4) is 0 Å². The van der Waals surface area contributed by atoms with E-state index in [-0.39, 0.29) is 17.7 Å². The van der Waals surface area contributed by atoms with Crippen LogP contribution in [-0.4, -0.2) is 24.2 Å². The highest BCUT2D eigenvalue weighted by molar-refractivity contribution is 5.67. The first-order valence-corrected chi connectivity index (χ1v) is 6.21. The molecule has 0 spiro atoms. The van der Waals surface area contributed by atoms with Crippen molar-refractivity contribution in [2.45, 2.75) is 26.2 Å². The van der Waals surface area contributed by atoms with Gasteiger partial charge in [-0.05, 0) is 42.5 Å². The number of aliphatic carboxylic acids is 1. The lowest BCUT2D eigenvalue weighted by Gasteiger charge is -2.39. The number of carboxylic acids is 1. The third kappa shape index (κ3) is 3.00. The third-order valence-electron chi connectivity index (χ3n) is 3.74. The summed E-state index contributed by atoms with van der Waals surface area (Å²) in [5.74, 6) is -0.959. The van der Waals surface area contributed by atoms with Crippen LogP contribution in [0.3, 0.4) is 0 Å². The van der Waals surface area contributed by atoms with Crippen molar-refractivity contribution in [3.63, 3.8) is 0 Å². The normalized spacial score (nSPS) is 18.7. The van der Waals surface area contributed by atoms with Crippen molar-refractivity contribution >= 4 is 11.7 Å². The lowest BCUT2D eigenvalue weighted by atomic mass is 9.77. The molecule has 0 unspecified atom stereocenters. The summed E-state index contributed by atoms with van der Waals surface area (Å²) < 4.78 is 12.8. The van der Waals surface area contributed by atoms with Gasteiger partial charge in [0.1, 0.15) is 5.82 Å². The molecule has 0 saturated carbocycles. The molecule has 0 aliphatic carbocycles. The summed E-state index contributed by atoms with van der Waals surface area (Å²) in [5, 5.41) is 8.89. The van der Waals surface area contributed by atoms with Gasteiger partial charge in [0.25, 0.3) is 0 Å². The van der Waals surface area contributed by atoms with E-state index in [2.05, 4.69) is 4.90 Å². The Morgan fingerprint density at radius 1 is 1.33 bits per heavy atom. The zero-order chi connectivity index (χ0) is 13.2. The fraction of sp³-hybridized carbons (Fsp3) is 0.500. The predicted octanol–water partition coefficient (Wildman–Crippen LogP) is 2.91. The Balaban J connectivity index is 1.98. The average molecular weight is 251 g/mol. The molecule has 1 aromatic carbocycles. The number of rotatable bonds is 3. The van der Waals surface area contributed by atoms with Crippen molar-refractivity contribution in [3.05, 3.63) is 30.1 Å². The number of halogens is 1. The van der Waals surface area contributed by atoms with Gasteiger partial charge >= 0.3 is 5.97 Å². The minimum atomic E-state index is -0.729. The molecule has 1 aliphatic heterocycles. The van der Waals surface area contributed by atoms with Gasteiger partial charge in [-0.1, -0.05) is 6.92 Å². The molecule has 0 aromatic heterocycles. The van der Waals surface area contributed by atoms with E-state index in [1.54, 1.807) is 12.1 Å². The molecule has 0 radical (unpaired) electrons. The first kappa shape index (κ1) is 12.9. The molecule has 0 bridgehead atoms. The van der Waals surface area contributed by atoms with Gasteiger partial charge in [0.2, 0.25) is 0 Å². The maximum absolute atomic E-state index is 12.8. The van der Waals surface area contributed by atoms with Crippen LogP contribution >= 0.6 is 0 Å². The van der Waals surface area contributed by atoms with Crippen molar-refractivity contribution in [1.82, 2.24) is 0 Å². The largest absolute Gasteiger partial charge is 0.481 e. The lowest BCUT2D eigenvalue weighted by molar-refractivity contribution is -0.139. The minimum Gasteiger partial charge on any atom is -0.481 e. The average Bonchev–Trinajstić information content (AvgIpc) is 2.30. The van der Waals surface area contributed by atoms with Crippen LogP contribution in [0.5, 0.6) is 0 Å². The molecule has 4 heteroatoms. The number of hydrogen-bond acceptors (Lipinski definition) is 2. The zero-order valence-electron chi connectivity index (χ0n) is 10.5. The molecule has 2 rings (SSSR count). The van der Waals surface area contributed by atoms with E-state index in [4.69, 9.17) is 5.11 Å². The van der Waals surface area contributed by atoms with Gasteiger partial charge in [-0.3, -0.25) is 4.79 Å². The third-order valence-corrected chi connectivity index (χ3v) is 3.74. The minimum absolute atomic E-state index is 0.109. The van der Waals surface area contributed by atoms with Gasteiger partial charge in [0.15, 0.2) is 0 Å². The molecule has 1 N–H and O–H groups in total. The quantitative estimate of drug-likeness (QED) is 0.898. The number of benzene rings is 1. The molecule has 0 atom stereocenters. The zero-order valence-corrected chi connectivity index (χ0v) is 10.5. The summed E-state index contributed by atoms with van der Waals surface area (Å²) >= 11 is 0. The molecule has 1 heterocycles. The van der Waals surface area contributed by atoms with Crippen LogP contribution in [0.15, 0.2) is 24.3 Å². The van der Waals surface area contributed by atoms with Crippen molar-refractivity contribution in [1.29, 1.82) is 0 Å². The van der Waals surface area contributed by atoms with Crippen LogP contribution < -0.4 is 4.90 Å². The van der Waals surface area contributed by atoms with Gasteiger partial charge in [0, 0.05) is 18.8 Å². The molecule has 18 heavy (non-hydrogen) atoms.